The van der Waals surface area contributed by atoms with Crippen molar-refractivity contribution in [2.75, 3.05) is 19.6 Å². The van der Waals surface area contributed by atoms with Gasteiger partial charge in [0, 0.05) is 25.0 Å². The van der Waals surface area contributed by atoms with Crippen LogP contribution in [0.5, 0.6) is 0 Å². The largest absolute Gasteiger partial charge is 0.481 e. The number of amides is 1. The van der Waals surface area contributed by atoms with Gasteiger partial charge in [-0.1, -0.05) is 6.92 Å². The highest BCUT2D eigenvalue weighted by Crippen LogP contribution is 2.35. The van der Waals surface area contributed by atoms with Crippen LogP contribution in [0.3, 0.4) is 0 Å². The maximum absolute atomic E-state index is 13.0. The van der Waals surface area contributed by atoms with Crippen molar-refractivity contribution in [2.24, 2.45) is 11.8 Å². The molecule has 1 unspecified atom stereocenters. The lowest BCUT2D eigenvalue weighted by Crippen LogP contribution is -2.49. The molecular formula is C20H34N2O3. The molecule has 1 saturated heterocycles. The highest BCUT2D eigenvalue weighted by atomic mass is 16.4. The zero-order chi connectivity index (χ0) is 17.8. The van der Waals surface area contributed by atoms with Crippen molar-refractivity contribution in [2.45, 2.75) is 83.2 Å². The van der Waals surface area contributed by atoms with Crippen LogP contribution in [0.1, 0.15) is 71.1 Å². The minimum absolute atomic E-state index is 0.251. The maximum atomic E-state index is 13.0. The number of hydrogen-bond acceptors (Lipinski definition) is 3. The topological polar surface area (TPSA) is 60.9 Å². The molecule has 0 aromatic heterocycles. The molecule has 2 saturated carbocycles. The number of carbonyl (C=O) groups excluding carboxylic acids is 1. The van der Waals surface area contributed by atoms with E-state index in [4.69, 9.17) is 5.11 Å². The predicted octanol–water partition coefficient (Wildman–Crippen LogP) is 3.13. The zero-order valence-corrected chi connectivity index (χ0v) is 15.7. The fourth-order valence-corrected chi connectivity index (χ4v) is 4.71. The quantitative estimate of drug-likeness (QED) is 0.766. The number of carboxylic acids is 1. The molecule has 0 aromatic carbocycles. The Morgan fingerprint density at radius 3 is 2.28 bits per heavy atom. The molecule has 142 valence electrons. The van der Waals surface area contributed by atoms with E-state index in [-0.39, 0.29) is 6.42 Å². The first kappa shape index (κ1) is 18.7. The number of nitrogens with zero attached hydrogens (tertiary/aromatic N) is 2. The van der Waals surface area contributed by atoms with Crippen molar-refractivity contribution in [3.8, 4) is 0 Å². The van der Waals surface area contributed by atoms with Gasteiger partial charge in [0.2, 0.25) is 5.91 Å². The molecule has 1 aliphatic heterocycles. The fourth-order valence-electron chi connectivity index (χ4n) is 4.71. The summed E-state index contributed by atoms with van der Waals surface area (Å²) in [5.74, 6) is 0.854. The Hall–Kier alpha value is -1.10. The summed E-state index contributed by atoms with van der Waals surface area (Å²) >= 11 is 0. The van der Waals surface area contributed by atoms with Gasteiger partial charge < -0.3 is 10.0 Å². The second kappa shape index (κ2) is 8.52. The zero-order valence-electron chi connectivity index (χ0n) is 15.7. The van der Waals surface area contributed by atoms with E-state index >= 15 is 0 Å². The Balaban J connectivity index is 1.51. The van der Waals surface area contributed by atoms with E-state index in [1.165, 1.54) is 38.5 Å². The van der Waals surface area contributed by atoms with Crippen LogP contribution < -0.4 is 0 Å². The van der Waals surface area contributed by atoms with Crippen LogP contribution in [-0.2, 0) is 9.59 Å². The average Bonchev–Trinajstić information content (AvgIpc) is 3.40. The molecular weight excluding hydrogens is 316 g/mol. The Labute approximate surface area is 151 Å². The summed E-state index contributed by atoms with van der Waals surface area (Å²) in [6, 6.07) is 0.960. The number of carbonyl (C=O) groups is 2. The van der Waals surface area contributed by atoms with Crippen LogP contribution >= 0.6 is 0 Å². The van der Waals surface area contributed by atoms with Crippen LogP contribution in [0.4, 0.5) is 0 Å². The van der Waals surface area contributed by atoms with Gasteiger partial charge in [-0.2, -0.15) is 0 Å². The van der Waals surface area contributed by atoms with Gasteiger partial charge in [-0.05, 0) is 76.2 Å². The van der Waals surface area contributed by atoms with E-state index in [0.717, 1.165) is 38.3 Å². The third-order valence-corrected chi connectivity index (χ3v) is 6.34. The van der Waals surface area contributed by atoms with Gasteiger partial charge in [0.1, 0.15) is 0 Å². The van der Waals surface area contributed by atoms with Gasteiger partial charge in [0.15, 0.2) is 0 Å². The molecule has 0 radical (unpaired) electrons. The molecule has 1 amide bonds. The highest BCUT2D eigenvalue weighted by Gasteiger charge is 2.39. The van der Waals surface area contributed by atoms with E-state index < -0.39 is 5.97 Å². The first-order valence-corrected chi connectivity index (χ1v) is 10.3. The van der Waals surface area contributed by atoms with Gasteiger partial charge in [-0.15, -0.1) is 0 Å². The summed E-state index contributed by atoms with van der Waals surface area (Å²) in [5, 5.41) is 8.88. The van der Waals surface area contributed by atoms with Gasteiger partial charge in [0.05, 0.1) is 6.54 Å². The van der Waals surface area contributed by atoms with Crippen LogP contribution in [0.15, 0.2) is 0 Å². The van der Waals surface area contributed by atoms with Gasteiger partial charge >= 0.3 is 5.97 Å². The molecule has 1 atom stereocenters. The molecule has 0 spiro atoms. The molecule has 3 aliphatic rings. The molecule has 3 fully saturated rings. The lowest BCUT2D eigenvalue weighted by Gasteiger charge is -2.39. The summed E-state index contributed by atoms with van der Waals surface area (Å²) < 4.78 is 0. The molecule has 5 heteroatoms. The van der Waals surface area contributed by atoms with Crippen molar-refractivity contribution in [3.63, 3.8) is 0 Å². The van der Waals surface area contributed by atoms with Crippen LogP contribution in [-0.4, -0.2) is 58.5 Å². The first-order chi connectivity index (χ1) is 12.0. The maximum Gasteiger partial charge on any atom is 0.303 e. The Morgan fingerprint density at radius 2 is 1.68 bits per heavy atom. The second-order valence-corrected chi connectivity index (χ2v) is 8.62. The van der Waals surface area contributed by atoms with E-state index in [9.17, 15) is 9.59 Å². The van der Waals surface area contributed by atoms with Crippen molar-refractivity contribution in [1.82, 2.24) is 9.80 Å². The summed E-state index contributed by atoms with van der Waals surface area (Å²) in [4.78, 5) is 28.4. The molecule has 1 N–H and O–H groups in total. The van der Waals surface area contributed by atoms with E-state index in [1.807, 2.05) is 0 Å². The number of hydrogen-bond donors (Lipinski definition) is 1. The molecule has 1 heterocycles. The number of rotatable bonds is 7. The lowest BCUT2D eigenvalue weighted by atomic mass is 9.86. The summed E-state index contributed by atoms with van der Waals surface area (Å²) in [5.41, 5.74) is 0. The highest BCUT2D eigenvalue weighted by molar-refractivity contribution is 5.79. The lowest BCUT2D eigenvalue weighted by molar-refractivity contribution is -0.138. The molecule has 25 heavy (non-hydrogen) atoms. The van der Waals surface area contributed by atoms with Crippen molar-refractivity contribution >= 4 is 11.9 Å². The van der Waals surface area contributed by atoms with Gasteiger partial charge in [0.25, 0.3) is 0 Å². The number of likely N-dealkylation sites (tertiary alicyclic amines) is 1. The molecule has 0 bridgehead atoms. The number of aliphatic carboxylic acids is 1. The van der Waals surface area contributed by atoms with Crippen molar-refractivity contribution in [3.05, 3.63) is 0 Å². The average molecular weight is 351 g/mol. The van der Waals surface area contributed by atoms with E-state index in [2.05, 4.69) is 16.7 Å². The third-order valence-electron chi connectivity index (χ3n) is 6.34. The third kappa shape index (κ3) is 5.44. The Morgan fingerprint density at radius 1 is 1.04 bits per heavy atom. The second-order valence-electron chi connectivity index (χ2n) is 8.62. The van der Waals surface area contributed by atoms with Crippen LogP contribution in [0.25, 0.3) is 0 Å². The minimum atomic E-state index is -0.709. The molecule has 0 aromatic rings. The summed E-state index contributed by atoms with van der Waals surface area (Å²) in [6.45, 7) is 4.73. The van der Waals surface area contributed by atoms with E-state index in [0.29, 0.717) is 30.5 Å². The minimum Gasteiger partial charge on any atom is -0.481 e. The van der Waals surface area contributed by atoms with E-state index in [1.54, 1.807) is 0 Å². The first-order valence-electron chi connectivity index (χ1n) is 10.3. The standard InChI is InChI=1S/C20H34N2O3/c1-15-4-7-17(8-5-15)22(18-9-10-18)19(23)14-21-12-2-3-16(13-21)6-11-20(24)25/h15-18H,2-14H2,1H3,(H,24,25). The van der Waals surface area contributed by atoms with Crippen LogP contribution in [0.2, 0.25) is 0 Å². The SMILES string of the molecule is CC1CCC(N(C(=O)CN2CCCC(CCC(=O)O)C2)C2CC2)CC1. The van der Waals surface area contributed by atoms with Crippen LogP contribution in [0, 0.1) is 11.8 Å². The van der Waals surface area contributed by atoms with Gasteiger partial charge in [-0.25, -0.2) is 0 Å². The Kier molecular flexibility index (Phi) is 6.37. The normalized spacial score (nSPS) is 30.8. The smallest absolute Gasteiger partial charge is 0.303 e. The molecule has 5 nitrogen and oxygen atoms in total. The fraction of sp³-hybridized carbons (Fsp3) is 0.900. The van der Waals surface area contributed by atoms with Gasteiger partial charge in [-0.3, -0.25) is 14.5 Å². The number of piperidine rings is 1. The summed E-state index contributed by atoms with van der Waals surface area (Å²) in [7, 11) is 0. The summed E-state index contributed by atoms with van der Waals surface area (Å²) in [6.07, 6.45) is 10.4. The predicted molar refractivity (Wildman–Crippen MR) is 97.3 cm³/mol. The Bertz CT molecular complexity index is 470. The molecule has 3 rings (SSSR count). The van der Waals surface area contributed by atoms with Crippen molar-refractivity contribution < 1.29 is 14.7 Å². The monoisotopic (exact) mass is 350 g/mol. The van der Waals surface area contributed by atoms with Crippen molar-refractivity contribution in [1.29, 1.82) is 0 Å². The molecule has 2 aliphatic carbocycles. The number of carboxylic acid groups (broad SMARTS) is 1.